The molecular weight excluding hydrogens is 260 g/mol. The van der Waals surface area contributed by atoms with Crippen LogP contribution in [-0.2, 0) is 11.8 Å². The Balaban J connectivity index is 0.000000218. The average Bonchev–Trinajstić information content (AvgIpc) is 2.11. The third-order valence-electron chi connectivity index (χ3n) is 1.51. The minimum atomic E-state index is -1.20. The smallest absolute Gasteiger partial charge is 0.0978 e. The number of halogens is 3. The number of hydrogen-bond acceptors (Lipinski definition) is 1. The van der Waals surface area contributed by atoms with E-state index in [0.29, 0.717) is 0 Å². The molecule has 0 nitrogen and oxygen atoms in total. The summed E-state index contributed by atoms with van der Waals surface area (Å²) in [5.74, 6) is -1.20. The normalized spacial score (nSPS) is 21.2. The van der Waals surface area contributed by atoms with Crippen molar-refractivity contribution in [2.24, 2.45) is 0 Å². The van der Waals surface area contributed by atoms with E-state index in [4.69, 9.17) is 45.5 Å². The van der Waals surface area contributed by atoms with Crippen LogP contribution in [0.4, 0.5) is 0 Å². The molecule has 0 atom stereocenters. The molecule has 0 radical (unpaired) electrons. The van der Waals surface area contributed by atoms with Crippen molar-refractivity contribution in [1.82, 2.24) is 0 Å². The summed E-state index contributed by atoms with van der Waals surface area (Å²) in [6.45, 7) is 2.29. The molecule has 0 saturated carbocycles. The Bertz CT molecular complexity index is 138. The molecule has 6 heteroatoms. The first kappa shape index (κ1) is 12.9. The molecule has 68 valence electrons. The zero-order chi connectivity index (χ0) is 8.91. The van der Waals surface area contributed by atoms with Gasteiger partial charge in [0.2, 0.25) is 0 Å². The van der Waals surface area contributed by atoms with Gasteiger partial charge in [-0.1, -0.05) is 45.5 Å². The fraction of sp³-hybridized carbons (Fsp3) is 1.00. The molecule has 1 aliphatic rings. The molecule has 1 heterocycles. The van der Waals surface area contributed by atoms with Crippen molar-refractivity contribution in [3.05, 3.63) is 0 Å². The molecule has 11 heavy (non-hydrogen) atoms. The van der Waals surface area contributed by atoms with Gasteiger partial charge in [0, 0.05) is 0 Å². The predicted octanol–water partition coefficient (Wildman–Crippen LogP) is 4.82. The highest BCUT2D eigenvalue weighted by Crippen LogP contribution is 2.51. The van der Waals surface area contributed by atoms with Gasteiger partial charge in [-0.2, -0.15) is 0 Å². The molecule has 0 aromatic carbocycles. The van der Waals surface area contributed by atoms with E-state index in [1.54, 1.807) is 0 Å². The lowest BCUT2D eigenvalue weighted by Gasteiger charge is -2.02. The van der Waals surface area contributed by atoms with Crippen molar-refractivity contribution < 1.29 is 0 Å². The summed E-state index contributed by atoms with van der Waals surface area (Å²) in [5.41, 5.74) is 0. The minimum Gasteiger partial charge on any atom is -0.0978 e. The lowest BCUT2D eigenvalue weighted by Crippen LogP contribution is -1.74. The molecule has 0 N–H and O–H groups in total. The molecule has 1 aliphatic heterocycles. The monoisotopic (exact) mass is 270 g/mol. The van der Waals surface area contributed by atoms with Gasteiger partial charge in [-0.05, 0) is 37.9 Å². The molecule has 1 fully saturated rings. The van der Waals surface area contributed by atoms with Crippen LogP contribution >= 0.6 is 45.7 Å². The lowest BCUT2D eigenvalue weighted by atomic mass is 10.4. The van der Waals surface area contributed by atoms with Gasteiger partial charge in [-0.25, -0.2) is 0 Å². The van der Waals surface area contributed by atoms with Crippen molar-refractivity contribution in [2.75, 3.05) is 19.0 Å². The molecule has 0 aromatic rings. The van der Waals surface area contributed by atoms with Gasteiger partial charge in [-0.15, -0.1) is 0 Å². The minimum absolute atomic E-state index is 0.710. The van der Waals surface area contributed by atoms with Gasteiger partial charge in [0.15, 0.2) is 5.98 Å². The molecule has 1 saturated heterocycles. The molecule has 0 aliphatic carbocycles. The predicted molar refractivity (Wildman–Crippen MR) is 63.7 cm³/mol. The zero-order valence-corrected chi connectivity index (χ0v) is 11.1. The standard InChI is InChI=1S/C5H11PS.Cl3P/c1-6(7)4-2-3-5-6;1-4(2)3/h2-5H2,1H3;. The van der Waals surface area contributed by atoms with Crippen LogP contribution in [0.5, 0.6) is 0 Å². The second kappa shape index (κ2) is 6.41. The van der Waals surface area contributed by atoms with Crippen molar-refractivity contribution in [1.29, 1.82) is 0 Å². The first-order chi connectivity index (χ1) is 4.94. The highest BCUT2D eigenvalue weighted by Gasteiger charge is 2.15. The topological polar surface area (TPSA) is 0 Å². The van der Waals surface area contributed by atoms with Gasteiger partial charge < -0.3 is 0 Å². The van der Waals surface area contributed by atoms with E-state index in [9.17, 15) is 0 Å². The maximum atomic E-state index is 5.32. The summed E-state index contributed by atoms with van der Waals surface area (Å²) in [7, 11) is 0. The maximum Gasteiger partial charge on any atom is 0.179 e. The van der Waals surface area contributed by atoms with Crippen LogP contribution in [0.1, 0.15) is 12.8 Å². The summed E-state index contributed by atoms with van der Waals surface area (Å²) < 4.78 is 0. The van der Waals surface area contributed by atoms with Gasteiger partial charge in [0.1, 0.15) is 0 Å². The summed E-state index contributed by atoms with van der Waals surface area (Å²) in [6, 6.07) is -0.710. The summed E-state index contributed by atoms with van der Waals surface area (Å²) in [5, 5.41) is 0. The van der Waals surface area contributed by atoms with E-state index in [-0.39, 0.29) is 0 Å². The highest BCUT2D eigenvalue weighted by molar-refractivity contribution is 8.20. The Morgan fingerprint density at radius 3 is 1.55 bits per heavy atom. The zero-order valence-electron chi connectivity index (χ0n) is 6.26. The Labute approximate surface area is 89.1 Å². The van der Waals surface area contributed by atoms with E-state index < -0.39 is 12.0 Å². The van der Waals surface area contributed by atoms with Crippen LogP contribution in [0.2, 0.25) is 0 Å². The van der Waals surface area contributed by atoms with E-state index in [1.807, 2.05) is 0 Å². The van der Waals surface area contributed by atoms with Crippen LogP contribution in [0.25, 0.3) is 0 Å². The highest BCUT2D eigenvalue weighted by atomic mass is 36.0. The Morgan fingerprint density at radius 2 is 1.45 bits per heavy atom. The summed E-state index contributed by atoms with van der Waals surface area (Å²) in [6.07, 6.45) is 5.58. The van der Waals surface area contributed by atoms with Gasteiger partial charge >= 0.3 is 0 Å². The fourth-order valence-corrected chi connectivity index (χ4v) is 3.79. The quantitative estimate of drug-likeness (QED) is 0.569. The summed E-state index contributed by atoms with van der Waals surface area (Å²) >= 11 is 19.9. The molecule has 0 spiro atoms. The SMILES string of the molecule is CP1(=S)CCCC1.ClP(Cl)Cl. The third-order valence-corrected chi connectivity index (χ3v) is 5.13. The van der Waals surface area contributed by atoms with E-state index in [2.05, 4.69) is 6.66 Å². The van der Waals surface area contributed by atoms with Crippen LogP contribution < -0.4 is 0 Å². The molecule has 0 amide bonds. The van der Waals surface area contributed by atoms with Crippen LogP contribution in [0.15, 0.2) is 0 Å². The third kappa shape index (κ3) is 9.87. The first-order valence-corrected chi connectivity index (χ1v) is 10.9. The Hall–Kier alpha value is 1.95. The second-order valence-corrected chi connectivity index (χ2v) is 13.8. The van der Waals surface area contributed by atoms with Crippen molar-refractivity contribution in [2.45, 2.75) is 12.8 Å². The molecule has 0 aromatic heterocycles. The molecule has 0 bridgehead atoms. The van der Waals surface area contributed by atoms with Crippen LogP contribution in [-0.4, -0.2) is 19.0 Å². The van der Waals surface area contributed by atoms with Gasteiger partial charge in [0.25, 0.3) is 0 Å². The molecule has 0 unspecified atom stereocenters. The average molecular weight is 272 g/mol. The van der Waals surface area contributed by atoms with Gasteiger partial charge in [0.05, 0.1) is 0 Å². The maximum absolute atomic E-state index is 5.32. The number of rotatable bonds is 0. The first-order valence-electron chi connectivity index (χ1n) is 3.27. The Morgan fingerprint density at radius 1 is 1.18 bits per heavy atom. The fourth-order valence-electron chi connectivity index (χ4n) is 1.00. The Kier molecular flexibility index (Phi) is 7.55. The van der Waals surface area contributed by atoms with E-state index in [0.717, 1.165) is 0 Å². The van der Waals surface area contributed by atoms with Crippen molar-refractivity contribution >= 4 is 57.5 Å². The van der Waals surface area contributed by atoms with Crippen LogP contribution in [0.3, 0.4) is 0 Å². The van der Waals surface area contributed by atoms with Crippen LogP contribution in [0, 0.1) is 0 Å². The largest absolute Gasteiger partial charge is 0.179 e. The summed E-state index contributed by atoms with van der Waals surface area (Å²) in [4.78, 5) is 0. The van der Waals surface area contributed by atoms with Crippen molar-refractivity contribution in [3.8, 4) is 0 Å². The second-order valence-electron chi connectivity index (χ2n) is 2.64. The lowest BCUT2D eigenvalue weighted by molar-refractivity contribution is 0.949. The van der Waals surface area contributed by atoms with Crippen molar-refractivity contribution in [3.63, 3.8) is 0 Å². The number of hydrogen-bond donors (Lipinski definition) is 0. The van der Waals surface area contributed by atoms with Gasteiger partial charge in [-0.3, -0.25) is 0 Å². The molecule has 1 rings (SSSR count). The van der Waals surface area contributed by atoms with E-state index >= 15 is 0 Å². The molecular formula is C5H11Cl3P2S. The van der Waals surface area contributed by atoms with E-state index in [1.165, 1.54) is 25.2 Å².